The number of carboxylic acids is 2. The second-order valence-electron chi connectivity index (χ2n) is 8.53. The number of allylic oxidation sites excluding steroid dienone is 1. The number of anilines is 1. The van der Waals surface area contributed by atoms with Gasteiger partial charge in [0.05, 0.1) is 21.0 Å². The molecule has 1 saturated heterocycles. The molecule has 3 heterocycles. The molecule has 12 nitrogen and oxygen atoms in total. The second-order valence-corrected chi connectivity index (χ2v) is 13.8. The van der Waals surface area contributed by atoms with Crippen molar-refractivity contribution in [1.82, 2.24) is 9.47 Å². The van der Waals surface area contributed by atoms with Crippen LogP contribution in [0.25, 0.3) is 10.5 Å². The summed E-state index contributed by atoms with van der Waals surface area (Å²) in [6, 6.07) is 7.43. The van der Waals surface area contributed by atoms with Crippen molar-refractivity contribution in [2.24, 2.45) is 0 Å². The Morgan fingerprint density at radius 3 is 2.38 bits per heavy atom. The number of para-hydroxylation sites is 1. The van der Waals surface area contributed by atoms with Crippen LogP contribution in [-0.2, 0) is 31.0 Å². The zero-order valence-corrected chi connectivity index (χ0v) is 24.7. The fourth-order valence-corrected chi connectivity index (χ4v) is 8.16. The Bertz CT molecular complexity index is 1760. The second kappa shape index (κ2) is 11.9. The van der Waals surface area contributed by atoms with Crippen molar-refractivity contribution in [1.29, 1.82) is 0 Å². The van der Waals surface area contributed by atoms with Crippen LogP contribution in [0.1, 0.15) is 13.3 Å². The van der Waals surface area contributed by atoms with E-state index in [1.54, 1.807) is 13.0 Å². The molecular formula is C23H21N3O9S5. The van der Waals surface area contributed by atoms with Gasteiger partial charge in [-0.2, -0.15) is 8.42 Å². The van der Waals surface area contributed by atoms with Crippen molar-refractivity contribution in [3.63, 3.8) is 0 Å². The Morgan fingerprint density at radius 1 is 1.05 bits per heavy atom. The lowest BCUT2D eigenvalue weighted by Gasteiger charge is -2.20. The lowest BCUT2D eigenvalue weighted by atomic mass is 10.2. The first-order chi connectivity index (χ1) is 18.8. The molecule has 0 aliphatic carbocycles. The van der Waals surface area contributed by atoms with E-state index in [0.717, 1.165) is 43.1 Å². The molecule has 0 atom stereocenters. The predicted molar refractivity (Wildman–Crippen MR) is 156 cm³/mol. The molecule has 0 saturated carbocycles. The average Bonchev–Trinajstić information content (AvgIpc) is 3.45. The third-order valence-electron chi connectivity index (χ3n) is 5.63. The molecule has 40 heavy (non-hydrogen) atoms. The number of fused-ring (bicyclic) bond motifs is 1. The normalized spacial score (nSPS) is 18.5. The lowest BCUT2D eigenvalue weighted by Crippen LogP contribution is -2.37. The third-order valence-corrected chi connectivity index (χ3v) is 10.4. The number of nitrogens with zero attached hydrogens (tertiary/aromatic N) is 3. The first-order valence-electron chi connectivity index (χ1n) is 11.4. The van der Waals surface area contributed by atoms with Gasteiger partial charge in [-0.3, -0.25) is 33.2 Å². The largest absolute Gasteiger partial charge is 0.480 e. The Morgan fingerprint density at radius 2 is 1.73 bits per heavy atom. The van der Waals surface area contributed by atoms with E-state index in [2.05, 4.69) is 0 Å². The number of carbonyl (C=O) groups excluding carboxylic acids is 1. The number of thioether (sulfide) groups is 2. The molecule has 212 valence electrons. The SMILES string of the molecule is C/C(C=C1Sc2ccccc2N1CCCS(=O)(=O)O)=c1\s/c(=C2/SC(=S)N(CC(=O)O)C2=O)n(CC(=O)O)c1=O. The number of rotatable bonds is 9. The summed E-state index contributed by atoms with van der Waals surface area (Å²) in [6.45, 7) is 0.532. The number of benzene rings is 1. The Kier molecular flexibility index (Phi) is 8.91. The van der Waals surface area contributed by atoms with Crippen LogP contribution in [0.15, 0.2) is 45.1 Å². The summed E-state index contributed by atoms with van der Waals surface area (Å²) >= 11 is 8.25. The van der Waals surface area contributed by atoms with Crippen molar-refractivity contribution in [3.8, 4) is 0 Å². The molecular weight excluding hydrogens is 623 g/mol. The first-order valence-corrected chi connectivity index (χ1v) is 15.9. The summed E-state index contributed by atoms with van der Waals surface area (Å²) in [5, 5.41) is 19.2. The monoisotopic (exact) mass is 643 g/mol. The van der Waals surface area contributed by atoms with E-state index in [9.17, 15) is 32.7 Å². The topological polar surface area (TPSA) is 175 Å². The first kappa shape index (κ1) is 30.0. The van der Waals surface area contributed by atoms with Crippen LogP contribution in [-0.4, -0.2) is 73.7 Å². The van der Waals surface area contributed by atoms with Crippen LogP contribution >= 0.6 is 47.1 Å². The number of aromatic nitrogens is 1. The van der Waals surface area contributed by atoms with Gasteiger partial charge in [0, 0.05) is 11.4 Å². The van der Waals surface area contributed by atoms with E-state index < -0.39 is 52.4 Å². The number of thiocarbonyl (C=S) groups is 1. The molecule has 1 amide bonds. The van der Waals surface area contributed by atoms with Crippen molar-refractivity contribution >= 4 is 95.5 Å². The van der Waals surface area contributed by atoms with Crippen LogP contribution in [0.4, 0.5) is 5.69 Å². The minimum absolute atomic E-state index is 0.0184. The fourth-order valence-electron chi connectivity index (χ4n) is 3.95. The summed E-state index contributed by atoms with van der Waals surface area (Å²) < 4.78 is 32.8. The van der Waals surface area contributed by atoms with E-state index in [0.29, 0.717) is 10.6 Å². The number of carboxylic acid groups (broad SMARTS) is 2. The summed E-state index contributed by atoms with van der Waals surface area (Å²) in [4.78, 5) is 52.7. The summed E-state index contributed by atoms with van der Waals surface area (Å²) in [5.74, 6) is -3.74. The maximum atomic E-state index is 13.4. The fraction of sp³-hybridized carbons (Fsp3) is 0.261. The number of thiazole rings is 1. The van der Waals surface area contributed by atoms with Gasteiger partial charge >= 0.3 is 11.9 Å². The summed E-state index contributed by atoms with van der Waals surface area (Å²) in [6.07, 6.45) is 1.86. The number of hydrogen-bond acceptors (Lipinski definition) is 11. The van der Waals surface area contributed by atoms with Gasteiger partial charge in [0.1, 0.15) is 27.0 Å². The van der Waals surface area contributed by atoms with E-state index >= 15 is 0 Å². The number of aliphatic carboxylic acids is 2. The minimum Gasteiger partial charge on any atom is -0.480 e. The lowest BCUT2D eigenvalue weighted by molar-refractivity contribution is -0.140. The molecule has 2 aromatic rings. The van der Waals surface area contributed by atoms with E-state index in [1.165, 1.54) is 11.8 Å². The quantitative estimate of drug-likeness (QED) is 0.261. The molecule has 2 aliphatic heterocycles. The van der Waals surface area contributed by atoms with Crippen LogP contribution in [0.5, 0.6) is 0 Å². The predicted octanol–water partition coefficient (Wildman–Crippen LogP) is 0.950. The zero-order chi connectivity index (χ0) is 29.4. The molecule has 1 fully saturated rings. The molecule has 0 spiro atoms. The van der Waals surface area contributed by atoms with Crippen molar-refractivity contribution in [2.45, 2.75) is 24.8 Å². The molecule has 4 rings (SSSR count). The van der Waals surface area contributed by atoms with Crippen molar-refractivity contribution in [2.75, 3.05) is 23.7 Å². The van der Waals surface area contributed by atoms with Gasteiger partial charge in [-0.15, -0.1) is 11.3 Å². The van der Waals surface area contributed by atoms with Gasteiger partial charge in [0.15, 0.2) is 0 Å². The Balaban J connectivity index is 1.84. The van der Waals surface area contributed by atoms with E-state index in [4.69, 9.17) is 21.9 Å². The molecule has 0 radical (unpaired) electrons. The number of carbonyl (C=O) groups is 3. The Labute approximate surface area is 245 Å². The summed E-state index contributed by atoms with van der Waals surface area (Å²) in [7, 11) is -4.15. The van der Waals surface area contributed by atoms with Crippen LogP contribution in [0.2, 0.25) is 0 Å². The van der Waals surface area contributed by atoms with Gasteiger partial charge in [0.25, 0.3) is 21.6 Å². The van der Waals surface area contributed by atoms with Gasteiger partial charge in [-0.25, -0.2) is 0 Å². The molecule has 17 heteroatoms. The average molecular weight is 644 g/mol. The van der Waals surface area contributed by atoms with E-state index in [1.807, 2.05) is 29.2 Å². The van der Waals surface area contributed by atoms with E-state index in [-0.39, 0.29) is 31.4 Å². The van der Waals surface area contributed by atoms with Crippen molar-refractivity contribution < 1.29 is 37.6 Å². The van der Waals surface area contributed by atoms with Gasteiger partial charge in [-0.1, -0.05) is 47.9 Å². The summed E-state index contributed by atoms with van der Waals surface area (Å²) in [5.41, 5.74) is 0.655. The zero-order valence-electron chi connectivity index (χ0n) is 20.6. The smallest absolute Gasteiger partial charge is 0.323 e. The molecule has 3 N–H and O–H groups in total. The Hall–Kier alpha value is -2.96. The number of hydrogen-bond donors (Lipinski definition) is 3. The van der Waals surface area contributed by atoms with Crippen molar-refractivity contribution in [3.05, 3.63) is 54.9 Å². The third kappa shape index (κ3) is 6.50. The molecule has 1 aromatic carbocycles. The van der Waals surface area contributed by atoms with Gasteiger partial charge in [0.2, 0.25) is 0 Å². The molecule has 1 aromatic heterocycles. The minimum atomic E-state index is -4.15. The van der Waals surface area contributed by atoms with Crippen LogP contribution in [0, 0.1) is 0 Å². The van der Waals surface area contributed by atoms with Crippen LogP contribution in [0.3, 0.4) is 0 Å². The molecule has 0 unspecified atom stereocenters. The highest BCUT2D eigenvalue weighted by Gasteiger charge is 2.35. The molecule has 2 aliphatic rings. The van der Waals surface area contributed by atoms with Gasteiger partial charge < -0.3 is 15.1 Å². The maximum Gasteiger partial charge on any atom is 0.323 e. The van der Waals surface area contributed by atoms with Crippen LogP contribution < -0.4 is 19.7 Å². The molecule has 0 bridgehead atoms. The number of amides is 1. The maximum absolute atomic E-state index is 13.4. The highest BCUT2D eigenvalue weighted by Crippen LogP contribution is 2.46. The highest BCUT2D eigenvalue weighted by molar-refractivity contribution is 8.30. The standard InChI is InChI=1S/C23H21N3O9S5/c1-12(9-15-24(7-4-8-40(33,34)35)13-5-2-3-6-14(13)37-15)18-20(31)25(10-16(27)28)22(38-18)19-21(32)26(11-17(29)30)23(36)39-19/h2-3,5-6,9H,4,7-8,10-11H2,1H3,(H,27,28)(H,29,30)(H,33,34,35)/b15-9?,18-12+,22-19+. The van der Waals surface area contributed by atoms with Gasteiger partial charge in [-0.05, 0) is 37.1 Å². The highest BCUT2D eigenvalue weighted by atomic mass is 32.2.